The number of morpholine rings is 1. The van der Waals surface area contributed by atoms with Crippen molar-refractivity contribution >= 4 is 5.91 Å². The van der Waals surface area contributed by atoms with Gasteiger partial charge in [0.15, 0.2) is 0 Å². The Morgan fingerprint density at radius 1 is 1.29 bits per heavy atom. The van der Waals surface area contributed by atoms with E-state index >= 15 is 0 Å². The molecular weight excluding hydrogens is 218 g/mol. The van der Waals surface area contributed by atoms with Crippen LogP contribution < -0.4 is 10.6 Å². The summed E-state index contributed by atoms with van der Waals surface area (Å²) in [5.74, 6) is 0.131. The van der Waals surface area contributed by atoms with Crippen LogP contribution >= 0.6 is 0 Å². The number of hydrogen-bond acceptors (Lipinski definition) is 4. The Labute approximate surface area is 104 Å². The minimum absolute atomic E-state index is 0.131. The molecule has 0 atom stereocenters. The van der Waals surface area contributed by atoms with Gasteiger partial charge in [-0.2, -0.15) is 0 Å². The van der Waals surface area contributed by atoms with Crippen molar-refractivity contribution in [3.05, 3.63) is 0 Å². The highest BCUT2D eigenvalue weighted by Gasteiger charge is 2.09. The first-order chi connectivity index (χ1) is 8.18. The Hall–Kier alpha value is -0.650. The summed E-state index contributed by atoms with van der Waals surface area (Å²) in [6.45, 7) is 10.1. The highest BCUT2D eigenvalue weighted by Crippen LogP contribution is 1.94. The summed E-state index contributed by atoms with van der Waals surface area (Å²) in [4.78, 5) is 13.8. The second-order valence-corrected chi connectivity index (χ2v) is 4.66. The van der Waals surface area contributed by atoms with Crippen LogP contribution in [0.25, 0.3) is 0 Å². The zero-order chi connectivity index (χ0) is 12.5. The molecule has 5 heteroatoms. The van der Waals surface area contributed by atoms with Crippen LogP contribution in [0.15, 0.2) is 0 Å². The molecule has 17 heavy (non-hydrogen) atoms. The summed E-state index contributed by atoms with van der Waals surface area (Å²) >= 11 is 0. The lowest BCUT2D eigenvalue weighted by molar-refractivity contribution is -0.121. The predicted molar refractivity (Wildman–Crippen MR) is 68.0 cm³/mol. The molecule has 100 valence electrons. The first kappa shape index (κ1) is 14.4. The van der Waals surface area contributed by atoms with Gasteiger partial charge < -0.3 is 15.4 Å². The number of rotatable bonds is 7. The molecule has 0 saturated carbocycles. The third-order valence-corrected chi connectivity index (χ3v) is 2.76. The van der Waals surface area contributed by atoms with Gasteiger partial charge in [-0.1, -0.05) is 13.8 Å². The number of amides is 1. The number of nitrogens with one attached hydrogen (secondary N) is 2. The smallest absolute Gasteiger partial charge is 0.221 e. The molecule has 0 aromatic carbocycles. The van der Waals surface area contributed by atoms with Crippen LogP contribution in [0.2, 0.25) is 0 Å². The van der Waals surface area contributed by atoms with E-state index in [2.05, 4.69) is 29.4 Å². The summed E-state index contributed by atoms with van der Waals surface area (Å²) in [5, 5.41) is 6.17. The van der Waals surface area contributed by atoms with Crippen LogP contribution in [-0.4, -0.2) is 62.8 Å². The molecule has 0 aliphatic carbocycles. The van der Waals surface area contributed by atoms with Crippen molar-refractivity contribution in [3.8, 4) is 0 Å². The van der Waals surface area contributed by atoms with Gasteiger partial charge in [-0.05, 0) is 0 Å². The Bertz CT molecular complexity index is 216. The number of ether oxygens (including phenoxy) is 1. The van der Waals surface area contributed by atoms with Gasteiger partial charge in [-0.25, -0.2) is 0 Å². The van der Waals surface area contributed by atoms with Crippen LogP contribution in [0.4, 0.5) is 0 Å². The quantitative estimate of drug-likeness (QED) is 0.651. The fourth-order valence-corrected chi connectivity index (χ4v) is 1.74. The van der Waals surface area contributed by atoms with E-state index in [0.29, 0.717) is 12.5 Å². The van der Waals surface area contributed by atoms with Crippen molar-refractivity contribution in [2.24, 2.45) is 0 Å². The molecule has 0 unspecified atom stereocenters. The largest absolute Gasteiger partial charge is 0.379 e. The molecule has 0 bridgehead atoms. The SMILES string of the molecule is CC(C)NCCC(=O)NCCN1CCOCC1. The molecule has 1 amide bonds. The monoisotopic (exact) mass is 243 g/mol. The number of nitrogens with zero attached hydrogens (tertiary/aromatic N) is 1. The minimum atomic E-state index is 0.131. The summed E-state index contributed by atoms with van der Waals surface area (Å²) < 4.78 is 5.27. The van der Waals surface area contributed by atoms with Crippen LogP contribution in [0, 0.1) is 0 Å². The molecule has 1 heterocycles. The summed E-state index contributed by atoms with van der Waals surface area (Å²) in [7, 11) is 0. The van der Waals surface area contributed by atoms with E-state index in [-0.39, 0.29) is 5.91 Å². The van der Waals surface area contributed by atoms with E-state index in [9.17, 15) is 4.79 Å². The average molecular weight is 243 g/mol. The van der Waals surface area contributed by atoms with Gasteiger partial charge in [0.25, 0.3) is 0 Å². The lowest BCUT2D eigenvalue weighted by Crippen LogP contribution is -2.41. The molecule has 1 fully saturated rings. The molecule has 0 radical (unpaired) electrons. The third kappa shape index (κ3) is 7.31. The molecule has 2 N–H and O–H groups in total. The number of hydrogen-bond donors (Lipinski definition) is 2. The van der Waals surface area contributed by atoms with E-state index in [1.165, 1.54) is 0 Å². The van der Waals surface area contributed by atoms with E-state index in [1.54, 1.807) is 0 Å². The van der Waals surface area contributed by atoms with Gasteiger partial charge >= 0.3 is 0 Å². The average Bonchev–Trinajstić information content (AvgIpc) is 2.30. The number of carbonyl (C=O) groups is 1. The molecule has 1 saturated heterocycles. The second-order valence-electron chi connectivity index (χ2n) is 4.66. The first-order valence-electron chi connectivity index (χ1n) is 6.48. The van der Waals surface area contributed by atoms with Gasteiger partial charge in [0.2, 0.25) is 5.91 Å². The fourth-order valence-electron chi connectivity index (χ4n) is 1.74. The minimum Gasteiger partial charge on any atom is -0.379 e. The highest BCUT2D eigenvalue weighted by atomic mass is 16.5. The van der Waals surface area contributed by atoms with Gasteiger partial charge in [0, 0.05) is 45.2 Å². The standard InChI is InChI=1S/C12H25N3O2/c1-11(2)13-4-3-12(16)14-5-6-15-7-9-17-10-8-15/h11,13H,3-10H2,1-2H3,(H,14,16). The topological polar surface area (TPSA) is 53.6 Å². The molecule has 1 rings (SSSR count). The van der Waals surface area contributed by atoms with E-state index in [1.807, 2.05) is 0 Å². The third-order valence-electron chi connectivity index (χ3n) is 2.76. The molecule has 0 spiro atoms. The molecule has 5 nitrogen and oxygen atoms in total. The van der Waals surface area contributed by atoms with Gasteiger partial charge in [0.05, 0.1) is 13.2 Å². The first-order valence-corrected chi connectivity index (χ1v) is 6.48. The molecule has 1 aliphatic heterocycles. The van der Waals surface area contributed by atoms with Gasteiger partial charge in [-0.3, -0.25) is 9.69 Å². The summed E-state index contributed by atoms with van der Waals surface area (Å²) in [6, 6.07) is 0.441. The van der Waals surface area contributed by atoms with Gasteiger partial charge in [0.1, 0.15) is 0 Å². The van der Waals surface area contributed by atoms with Crippen molar-refractivity contribution in [1.82, 2.24) is 15.5 Å². The Balaban J connectivity index is 1.95. The van der Waals surface area contributed by atoms with Crippen LogP contribution in [-0.2, 0) is 9.53 Å². The van der Waals surface area contributed by atoms with E-state index < -0.39 is 0 Å². The number of carbonyl (C=O) groups excluding carboxylic acids is 1. The fraction of sp³-hybridized carbons (Fsp3) is 0.917. The maximum atomic E-state index is 11.5. The van der Waals surface area contributed by atoms with Crippen molar-refractivity contribution in [3.63, 3.8) is 0 Å². The normalized spacial score (nSPS) is 17.4. The van der Waals surface area contributed by atoms with Crippen molar-refractivity contribution in [1.29, 1.82) is 0 Å². The van der Waals surface area contributed by atoms with E-state index in [0.717, 1.165) is 45.9 Å². The maximum absolute atomic E-state index is 11.5. The van der Waals surface area contributed by atoms with Crippen LogP contribution in [0.3, 0.4) is 0 Å². The molecule has 1 aliphatic rings. The zero-order valence-electron chi connectivity index (χ0n) is 11.0. The lowest BCUT2D eigenvalue weighted by atomic mass is 10.3. The van der Waals surface area contributed by atoms with Crippen molar-refractivity contribution in [2.75, 3.05) is 45.9 Å². The second kappa shape index (κ2) is 8.44. The Morgan fingerprint density at radius 2 is 2.00 bits per heavy atom. The van der Waals surface area contributed by atoms with Crippen molar-refractivity contribution in [2.45, 2.75) is 26.3 Å². The van der Waals surface area contributed by atoms with Crippen LogP contribution in [0.5, 0.6) is 0 Å². The Morgan fingerprint density at radius 3 is 2.65 bits per heavy atom. The van der Waals surface area contributed by atoms with Crippen molar-refractivity contribution < 1.29 is 9.53 Å². The van der Waals surface area contributed by atoms with E-state index in [4.69, 9.17) is 4.74 Å². The molecule has 0 aromatic rings. The highest BCUT2D eigenvalue weighted by molar-refractivity contribution is 5.76. The zero-order valence-corrected chi connectivity index (χ0v) is 11.0. The predicted octanol–water partition coefficient (Wildman–Crippen LogP) is -0.177. The summed E-state index contributed by atoms with van der Waals surface area (Å²) in [5.41, 5.74) is 0. The van der Waals surface area contributed by atoms with Crippen LogP contribution in [0.1, 0.15) is 20.3 Å². The molecule has 0 aromatic heterocycles. The summed E-state index contributed by atoms with van der Waals surface area (Å²) in [6.07, 6.45) is 0.557. The maximum Gasteiger partial charge on any atom is 0.221 e. The molecular formula is C12H25N3O2. The Kier molecular flexibility index (Phi) is 7.16. The lowest BCUT2D eigenvalue weighted by Gasteiger charge is -2.26. The van der Waals surface area contributed by atoms with Gasteiger partial charge in [-0.15, -0.1) is 0 Å².